The van der Waals surface area contributed by atoms with Crippen LogP contribution in [0.25, 0.3) is 0 Å². The van der Waals surface area contributed by atoms with Gasteiger partial charge in [-0.15, -0.1) is 0 Å². The van der Waals surface area contributed by atoms with Gasteiger partial charge in [0.15, 0.2) is 0 Å². The minimum atomic E-state index is 0.407. The largest absolute Gasteiger partial charge is 0.368 e. The van der Waals surface area contributed by atoms with Gasteiger partial charge in [-0.2, -0.15) is 5.10 Å². The lowest BCUT2D eigenvalue weighted by atomic mass is 10.1. The van der Waals surface area contributed by atoms with Crippen molar-refractivity contribution in [1.82, 2.24) is 14.6 Å². The van der Waals surface area contributed by atoms with Gasteiger partial charge in [0.1, 0.15) is 0 Å². The third-order valence-electron chi connectivity index (χ3n) is 3.46. The molecule has 0 radical (unpaired) electrons. The second-order valence-corrected chi connectivity index (χ2v) is 5.67. The average Bonchev–Trinajstić information content (AvgIpc) is 2.81. The third kappa shape index (κ3) is 4.70. The number of imidazole rings is 1. The Morgan fingerprint density at radius 3 is 2.91 bits per heavy atom. The number of nitrogens with two attached hydrogens (primary N) is 1. The van der Waals surface area contributed by atoms with Crippen molar-refractivity contribution >= 4 is 12.2 Å². The monoisotopic (exact) mass is 299 g/mol. The quantitative estimate of drug-likeness (QED) is 0.800. The Morgan fingerprint density at radius 2 is 2.23 bits per heavy atom. The minimum absolute atomic E-state index is 0.407. The van der Waals surface area contributed by atoms with Crippen LogP contribution in [-0.2, 0) is 6.54 Å². The predicted molar refractivity (Wildman–Crippen MR) is 92.1 cm³/mol. The van der Waals surface area contributed by atoms with E-state index in [1.165, 1.54) is 18.4 Å². The maximum absolute atomic E-state index is 5.78. The smallest absolute Gasteiger partial charge is 0.221 e. The zero-order chi connectivity index (χ0) is 15.9. The molecule has 1 aromatic heterocycles. The van der Waals surface area contributed by atoms with Crippen LogP contribution in [0.15, 0.2) is 35.6 Å². The Labute approximate surface area is 132 Å². The second-order valence-electron chi connectivity index (χ2n) is 5.67. The zero-order valence-electron chi connectivity index (χ0n) is 13.7. The summed E-state index contributed by atoms with van der Waals surface area (Å²) in [7, 11) is 2.16. The van der Waals surface area contributed by atoms with Gasteiger partial charge in [-0.25, -0.2) is 9.66 Å². The molecule has 0 aliphatic carbocycles. The number of hydrogen-bond acceptors (Lipinski definition) is 4. The van der Waals surface area contributed by atoms with Crippen molar-refractivity contribution in [3.63, 3.8) is 0 Å². The fraction of sp³-hybridized carbons (Fsp3) is 0.412. The summed E-state index contributed by atoms with van der Waals surface area (Å²) >= 11 is 0. The van der Waals surface area contributed by atoms with Crippen molar-refractivity contribution < 1.29 is 0 Å². The zero-order valence-corrected chi connectivity index (χ0v) is 13.7. The Kier molecular flexibility index (Phi) is 5.72. The van der Waals surface area contributed by atoms with Crippen LogP contribution in [0.3, 0.4) is 0 Å². The number of rotatable bonds is 7. The molecule has 118 valence electrons. The van der Waals surface area contributed by atoms with Crippen LogP contribution in [0.4, 0.5) is 5.95 Å². The second kappa shape index (κ2) is 7.75. The molecule has 0 saturated carbocycles. The summed E-state index contributed by atoms with van der Waals surface area (Å²) < 4.78 is 1.59. The van der Waals surface area contributed by atoms with E-state index in [-0.39, 0.29) is 0 Å². The average molecular weight is 299 g/mol. The molecule has 5 heteroatoms. The summed E-state index contributed by atoms with van der Waals surface area (Å²) in [6, 6.07) is 8.41. The molecule has 0 atom stereocenters. The molecule has 5 nitrogen and oxygen atoms in total. The van der Waals surface area contributed by atoms with Crippen LogP contribution < -0.4 is 5.73 Å². The fourth-order valence-corrected chi connectivity index (χ4v) is 2.32. The number of hydrogen-bond donors (Lipinski definition) is 1. The van der Waals surface area contributed by atoms with Crippen LogP contribution in [0, 0.1) is 6.92 Å². The van der Waals surface area contributed by atoms with Gasteiger partial charge in [0.2, 0.25) is 5.95 Å². The summed E-state index contributed by atoms with van der Waals surface area (Å²) in [5.41, 5.74) is 8.99. The van der Waals surface area contributed by atoms with Crippen molar-refractivity contribution in [3.05, 3.63) is 47.3 Å². The van der Waals surface area contributed by atoms with Gasteiger partial charge in [0.25, 0.3) is 0 Å². The summed E-state index contributed by atoms with van der Waals surface area (Å²) in [6.07, 6.45) is 6.08. The van der Waals surface area contributed by atoms with E-state index in [0.717, 1.165) is 24.3 Å². The molecule has 1 heterocycles. The molecule has 0 amide bonds. The Bertz CT molecular complexity index is 630. The minimum Gasteiger partial charge on any atom is -0.368 e. The van der Waals surface area contributed by atoms with Crippen molar-refractivity contribution in [2.24, 2.45) is 5.10 Å². The number of unbranched alkanes of at least 4 members (excludes halogenated alkanes) is 1. The molecular weight excluding hydrogens is 274 g/mol. The van der Waals surface area contributed by atoms with Crippen molar-refractivity contribution in [3.8, 4) is 0 Å². The van der Waals surface area contributed by atoms with Crippen LogP contribution in [-0.4, -0.2) is 34.4 Å². The first-order valence-electron chi connectivity index (χ1n) is 7.71. The van der Waals surface area contributed by atoms with Crippen molar-refractivity contribution in [1.29, 1.82) is 0 Å². The highest BCUT2D eigenvalue weighted by Gasteiger charge is 2.01. The van der Waals surface area contributed by atoms with Gasteiger partial charge in [0, 0.05) is 6.54 Å². The van der Waals surface area contributed by atoms with Gasteiger partial charge < -0.3 is 10.6 Å². The van der Waals surface area contributed by atoms with E-state index in [1.807, 2.05) is 25.4 Å². The summed E-state index contributed by atoms with van der Waals surface area (Å²) in [6.45, 7) is 6.19. The highest BCUT2D eigenvalue weighted by atomic mass is 15.4. The number of nitrogens with zero attached hydrogens (tertiary/aromatic N) is 4. The number of anilines is 1. The van der Waals surface area contributed by atoms with Crippen molar-refractivity contribution in [2.75, 3.05) is 19.3 Å². The van der Waals surface area contributed by atoms with Gasteiger partial charge in [-0.1, -0.05) is 31.5 Å². The van der Waals surface area contributed by atoms with E-state index in [2.05, 4.69) is 47.2 Å². The first kappa shape index (κ1) is 16.2. The maximum atomic E-state index is 5.78. The predicted octanol–water partition coefficient (Wildman–Crippen LogP) is 2.89. The first-order valence-corrected chi connectivity index (χ1v) is 7.71. The summed E-state index contributed by atoms with van der Waals surface area (Å²) in [4.78, 5) is 6.47. The Hall–Kier alpha value is -2.14. The summed E-state index contributed by atoms with van der Waals surface area (Å²) in [5, 5.41) is 4.36. The lowest BCUT2D eigenvalue weighted by Crippen LogP contribution is -2.18. The highest BCUT2D eigenvalue weighted by Crippen LogP contribution is 2.08. The Balaban J connectivity index is 2.03. The molecule has 0 aliphatic heterocycles. The molecule has 0 aliphatic rings. The van der Waals surface area contributed by atoms with Gasteiger partial charge in [-0.05, 0) is 44.1 Å². The molecule has 2 rings (SSSR count). The van der Waals surface area contributed by atoms with Gasteiger partial charge in [0.05, 0.1) is 18.1 Å². The third-order valence-corrected chi connectivity index (χ3v) is 3.46. The number of aryl methyl sites for hydroxylation is 1. The van der Waals surface area contributed by atoms with E-state index in [0.29, 0.717) is 5.95 Å². The molecular formula is C17H25N5. The molecule has 0 bridgehead atoms. The maximum Gasteiger partial charge on any atom is 0.221 e. The molecule has 22 heavy (non-hydrogen) atoms. The standard InChI is InChI=1S/C17H25N5/c1-4-5-9-21(3)13-16-8-6-7-15(10-16)11-19-22-12-14(2)20-17(22)18/h6-8,10-12H,4-5,9,13H2,1-3H3,(H2,18,20). The molecule has 0 unspecified atom stereocenters. The fourth-order valence-electron chi connectivity index (χ4n) is 2.32. The highest BCUT2D eigenvalue weighted by molar-refractivity contribution is 5.79. The molecule has 1 aromatic carbocycles. The number of benzene rings is 1. The number of aromatic nitrogens is 2. The number of nitrogen functional groups attached to an aromatic ring is 1. The SMILES string of the molecule is CCCCN(C)Cc1cccc(C=Nn2cc(C)nc2N)c1. The van der Waals surface area contributed by atoms with E-state index < -0.39 is 0 Å². The topological polar surface area (TPSA) is 59.4 Å². The normalized spacial score (nSPS) is 11.6. The van der Waals surface area contributed by atoms with E-state index >= 15 is 0 Å². The van der Waals surface area contributed by atoms with E-state index in [9.17, 15) is 0 Å². The molecule has 2 N–H and O–H groups in total. The Morgan fingerprint density at radius 1 is 1.41 bits per heavy atom. The lowest BCUT2D eigenvalue weighted by molar-refractivity contribution is 0.321. The molecule has 0 fully saturated rings. The molecule has 2 aromatic rings. The van der Waals surface area contributed by atoms with Crippen LogP contribution >= 0.6 is 0 Å². The van der Waals surface area contributed by atoms with Crippen LogP contribution in [0.2, 0.25) is 0 Å². The van der Waals surface area contributed by atoms with Gasteiger partial charge in [-0.3, -0.25) is 0 Å². The van der Waals surface area contributed by atoms with E-state index in [1.54, 1.807) is 4.68 Å². The van der Waals surface area contributed by atoms with Crippen LogP contribution in [0.1, 0.15) is 36.6 Å². The molecule has 0 saturated heterocycles. The molecule has 0 spiro atoms. The van der Waals surface area contributed by atoms with Crippen molar-refractivity contribution in [2.45, 2.75) is 33.2 Å². The lowest BCUT2D eigenvalue weighted by Gasteiger charge is -2.16. The van der Waals surface area contributed by atoms with Crippen LogP contribution in [0.5, 0.6) is 0 Å². The first-order chi connectivity index (χ1) is 10.6. The van der Waals surface area contributed by atoms with Gasteiger partial charge >= 0.3 is 0 Å². The summed E-state index contributed by atoms with van der Waals surface area (Å²) in [5.74, 6) is 0.407. The van der Waals surface area contributed by atoms with E-state index in [4.69, 9.17) is 5.73 Å².